The molecule has 0 aromatic carbocycles. The second kappa shape index (κ2) is 5.26. The van der Waals surface area contributed by atoms with Crippen LogP contribution in [0.4, 0.5) is 0 Å². The Labute approximate surface area is 100 Å². The molecular weight excluding hydrogens is 214 g/mol. The highest BCUT2D eigenvalue weighted by Gasteiger charge is 2.20. The molecule has 2 heterocycles. The minimum atomic E-state index is -0.287. The molecule has 2 rings (SSSR count). The molecule has 1 aliphatic heterocycles. The molecule has 4 heteroatoms. The lowest BCUT2D eigenvalue weighted by atomic mass is 10.1. The Morgan fingerprint density at radius 1 is 1.41 bits per heavy atom. The summed E-state index contributed by atoms with van der Waals surface area (Å²) in [6.07, 6.45) is 4.45. The highest BCUT2D eigenvalue weighted by Crippen LogP contribution is 2.18. The fourth-order valence-corrected chi connectivity index (χ4v) is 1.83. The number of ketones is 1. The first kappa shape index (κ1) is 11.3. The number of Topliss-reactive ketones (excluding diaryl/α,β-unsaturated/α-hetero) is 1. The largest absolute Gasteiger partial charge is 0.397 e. The molecule has 0 amide bonds. The normalized spacial score (nSPS) is 17.8. The summed E-state index contributed by atoms with van der Waals surface area (Å²) in [4.78, 5) is 19.5. The second-order valence-corrected chi connectivity index (χ2v) is 3.87. The number of nitrogens with one attached hydrogen (secondary N) is 1. The van der Waals surface area contributed by atoms with Crippen molar-refractivity contribution >= 4 is 5.78 Å². The van der Waals surface area contributed by atoms with Crippen molar-refractivity contribution in [2.45, 2.75) is 19.3 Å². The van der Waals surface area contributed by atoms with Crippen LogP contribution in [-0.2, 0) is 0 Å². The van der Waals surface area contributed by atoms with Crippen LogP contribution in [0, 0.1) is 6.57 Å². The Hall–Kier alpha value is -2.15. The molecule has 0 aliphatic carbocycles. The first-order valence-electron chi connectivity index (χ1n) is 5.63. The predicted molar refractivity (Wildman–Crippen MR) is 64.0 cm³/mol. The van der Waals surface area contributed by atoms with Crippen LogP contribution in [0.3, 0.4) is 0 Å². The maximum atomic E-state index is 12.1. The van der Waals surface area contributed by atoms with Gasteiger partial charge >= 0.3 is 0 Å². The lowest BCUT2D eigenvalue weighted by Crippen LogP contribution is -2.23. The summed E-state index contributed by atoms with van der Waals surface area (Å²) in [5.41, 5.74) is 1.28. The molecule has 1 fully saturated rings. The molecule has 1 aliphatic rings. The number of carbonyl (C=O) groups is 1. The molecule has 1 saturated heterocycles. The molecule has 0 spiro atoms. The van der Waals surface area contributed by atoms with Gasteiger partial charge in [-0.1, -0.05) is 6.07 Å². The number of rotatable bonds is 2. The number of pyridine rings is 1. The van der Waals surface area contributed by atoms with Crippen LogP contribution in [0.15, 0.2) is 35.8 Å². The predicted octanol–water partition coefficient (Wildman–Crippen LogP) is 2.17. The number of carbonyl (C=O) groups excluding carboxylic acids is 1. The van der Waals surface area contributed by atoms with Crippen molar-refractivity contribution < 1.29 is 4.79 Å². The van der Waals surface area contributed by atoms with E-state index in [1.54, 1.807) is 24.4 Å². The topological polar surface area (TPSA) is 46.4 Å². The maximum absolute atomic E-state index is 12.1. The van der Waals surface area contributed by atoms with Gasteiger partial charge in [0.25, 0.3) is 5.70 Å². The van der Waals surface area contributed by atoms with Crippen molar-refractivity contribution in [1.82, 2.24) is 10.3 Å². The molecule has 0 atom stereocenters. The number of hydrogen-bond donors (Lipinski definition) is 1. The molecule has 1 N–H and O–H groups in total. The van der Waals surface area contributed by atoms with Gasteiger partial charge in [0.2, 0.25) is 5.78 Å². The van der Waals surface area contributed by atoms with Crippen LogP contribution in [0.25, 0.3) is 4.85 Å². The number of aromatic nitrogens is 1. The highest BCUT2D eigenvalue weighted by molar-refractivity contribution is 6.09. The van der Waals surface area contributed by atoms with E-state index in [1.165, 1.54) is 0 Å². The van der Waals surface area contributed by atoms with Gasteiger partial charge in [-0.25, -0.2) is 4.85 Å². The minimum Gasteiger partial charge on any atom is -0.397 e. The summed E-state index contributed by atoms with van der Waals surface area (Å²) < 4.78 is 0. The molecule has 1 aromatic heterocycles. The lowest BCUT2D eigenvalue weighted by Gasteiger charge is -2.18. The zero-order chi connectivity index (χ0) is 12.1. The van der Waals surface area contributed by atoms with Gasteiger partial charge < -0.3 is 10.1 Å². The van der Waals surface area contributed by atoms with Gasteiger partial charge in [-0.2, -0.15) is 0 Å². The van der Waals surface area contributed by atoms with E-state index in [0.29, 0.717) is 5.69 Å². The van der Waals surface area contributed by atoms with E-state index in [9.17, 15) is 4.79 Å². The van der Waals surface area contributed by atoms with Crippen molar-refractivity contribution in [2.75, 3.05) is 6.54 Å². The maximum Gasteiger partial charge on any atom is 0.253 e. The van der Waals surface area contributed by atoms with E-state index in [-0.39, 0.29) is 11.5 Å². The Bertz CT molecular complexity index is 477. The van der Waals surface area contributed by atoms with Gasteiger partial charge in [0.1, 0.15) is 0 Å². The summed E-state index contributed by atoms with van der Waals surface area (Å²) in [6, 6.07) is 5.14. The van der Waals surface area contributed by atoms with Crippen molar-refractivity contribution in [2.24, 2.45) is 0 Å². The van der Waals surface area contributed by atoms with Crippen molar-refractivity contribution in [3.8, 4) is 0 Å². The van der Waals surface area contributed by atoms with Gasteiger partial charge in [0.05, 0.1) is 12.3 Å². The number of nitrogens with zero attached hydrogens (tertiary/aromatic N) is 2. The summed E-state index contributed by atoms with van der Waals surface area (Å²) in [5, 5.41) is 3.14. The lowest BCUT2D eigenvalue weighted by molar-refractivity contribution is 0.103. The molecule has 17 heavy (non-hydrogen) atoms. The zero-order valence-electron chi connectivity index (χ0n) is 9.44. The third kappa shape index (κ3) is 2.51. The monoisotopic (exact) mass is 227 g/mol. The van der Waals surface area contributed by atoms with Gasteiger partial charge in [-0.3, -0.25) is 4.98 Å². The number of piperidine rings is 1. The van der Waals surface area contributed by atoms with Crippen molar-refractivity contribution in [3.63, 3.8) is 0 Å². The molecule has 0 bridgehead atoms. The quantitative estimate of drug-likeness (QED) is 0.478. The number of hydrogen-bond acceptors (Lipinski definition) is 3. The molecule has 4 nitrogen and oxygen atoms in total. The first-order valence-corrected chi connectivity index (χ1v) is 5.63. The summed E-state index contributed by atoms with van der Waals surface area (Å²) in [5.74, 6) is -0.287. The van der Waals surface area contributed by atoms with Crippen LogP contribution in [0.5, 0.6) is 0 Å². The van der Waals surface area contributed by atoms with Crippen molar-refractivity contribution in [3.05, 3.63) is 52.9 Å². The van der Waals surface area contributed by atoms with Gasteiger partial charge in [-0.05, 0) is 31.4 Å². The smallest absolute Gasteiger partial charge is 0.253 e. The molecular formula is C13H13N3O. The fraction of sp³-hybridized carbons (Fsp3) is 0.308. The van der Waals surface area contributed by atoms with Gasteiger partial charge in [0.15, 0.2) is 0 Å². The molecule has 0 radical (unpaired) electrons. The highest BCUT2D eigenvalue weighted by atomic mass is 16.1. The Morgan fingerprint density at radius 2 is 2.29 bits per heavy atom. The van der Waals surface area contributed by atoms with E-state index < -0.39 is 0 Å². The van der Waals surface area contributed by atoms with E-state index >= 15 is 0 Å². The Morgan fingerprint density at radius 3 is 2.88 bits per heavy atom. The average molecular weight is 227 g/mol. The fourth-order valence-electron chi connectivity index (χ4n) is 1.83. The molecule has 86 valence electrons. The third-order valence-electron chi connectivity index (χ3n) is 2.70. The van der Waals surface area contributed by atoms with Crippen LogP contribution >= 0.6 is 0 Å². The number of allylic oxidation sites excluding steroid dienone is 2. The van der Waals surface area contributed by atoms with Crippen LogP contribution in [-0.4, -0.2) is 17.3 Å². The average Bonchev–Trinajstić information content (AvgIpc) is 2.42. The Kier molecular flexibility index (Phi) is 3.51. The van der Waals surface area contributed by atoms with E-state index in [4.69, 9.17) is 6.57 Å². The van der Waals surface area contributed by atoms with Crippen LogP contribution in [0.1, 0.15) is 29.8 Å². The van der Waals surface area contributed by atoms with Gasteiger partial charge in [-0.15, -0.1) is 0 Å². The zero-order valence-corrected chi connectivity index (χ0v) is 9.44. The van der Waals surface area contributed by atoms with Crippen molar-refractivity contribution in [1.29, 1.82) is 0 Å². The SMILES string of the molecule is [C-]#[N+]/C(C(=O)c1ccccn1)=C1/CCCCN1. The standard InChI is InChI=1S/C13H13N3O/c1-14-12(10-6-2-4-8-15-10)13(17)11-7-3-5-9-16-11/h3,5,7,9,15H,2,4,6,8H2/b12-10-. The van der Waals surface area contributed by atoms with Crippen LogP contribution in [0.2, 0.25) is 0 Å². The summed E-state index contributed by atoms with van der Waals surface area (Å²) in [6.45, 7) is 7.99. The van der Waals surface area contributed by atoms with E-state index in [2.05, 4.69) is 15.1 Å². The molecule has 0 unspecified atom stereocenters. The van der Waals surface area contributed by atoms with E-state index in [0.717, 1.165) is 31.5 Å². The molecule has 1 aromatic rings. The summed E-state index contributed by atoms with van der Waals surface area (Å²) in [7, 11) is 0. The second-order valence-electron chi connectivity index (χ2n) is 3.87. The molecule has 0 saturated carbocycles. The first-order chi connectivity index (χ1) is 8.33. The third-order valence-corrected chi connectivity index (χ3v) is 2.70. The van der Waals surface area contributed by atoms with E-state index in [1.807, 2.05) is 0 Å². The minimum absolute atomic E-state index is 0.184. The van der Waals surface area contributed by atoms with Gasteiger partial charge in [0, 0.05) is 18.4 Å². The summed E-state index contributed by atoms with van der Waals surface area (Å²) >= 11 is 0. The van der Waals surface area contributed by atoms with Crippen LogP contribution < -0.4 is 5.32 Å². The Balaban J connectivity index is 2.31.